The minimum Gasteiger partial charge on any atom is -0.598 e. The number of hydrogen-bond donors (Lipinski definition) is 0. The van der Waals surface area contributed by atoms with Crippen molar-refractivity contribution < 1.29 is 30.8 Å². The molecule has 5 heteroatoms. The van der Waals surface area contributed by atoms with Gasteiger partial charge >= 0.3 is 16.5 Å². The van der Waals surface area contributed by atoms with E-state index in [1.54, 1.807) is 0 Å². The topological polar surface area (TPSA) is 63.2 Å². The Kier molecular flexibility index (Phi) is 27.0. The van der Waals surface area contributed by atoms with E-state index in [4.69, 9.17) is 14.4 Å². The molecule has 0 bridgehead atoms. The van der Waals surface area contributed by atoms with Gasteiger partial charge in [0.05, 0.1) is 0 Å². The molecule has 0 N–H and O–H groups in total. The summed E-state index contributed by atoms with van der Waals surface area (Å²) in [5.74, 6) is 0. The van der Waals surface area contributed by atoms with E-state index in [2.05, 4.69) is 13.8 Å². The molecule has 0 atom stereocenters. The first-order valence-electron chi connectivity index (χ1n) is 4.25. The van der Waals surface area contributed by atoms with Crippen LogP contribution in [-0.4, -0.2) is 0 Å². The van der Waals surface area contributed by atoms with Gasteiger partial charge in [-0.05, 0) is 0 Å². The van der Waals surface area contributed by atoms with Crippen molar-refractivity contribution in [3.8, 4) is 0 Å². The molecule has 0 aliphatic rings. The van der Waals surface area contributed by atoms with Gasteiger partial charge in [0.15, 0.2) is 0 Å². The largest absolute Gasteiger partial charge is 3.00 e. The quantitative estimate of drug-likeness (QED) is 0.322. The maximum atomic E-state index is 8.48. The summed E-state index contributed by atoms with van der Waals surface area (Å²) in [7, 11) is -3.37. The molecule has 81 valence electrons. The van der Waals surface area contributed by atoms with E-state index in [0.717, 1.165) is 6.42 Å². The molecular formula is C8H17NiO3P+. The first kappa shape index (κ1) is 19.1. The second-order valence-electron chi connectivity index (χ2n) is 2.49. The van der Waals surface area contributed by atoms with Crippen molar-refractivity contribution in [3.63, 3.8) is 0 Å². The van der Waals surface area contributed by atoms with Crippen molar-refractivity contribution in [3.05, 3.63) is 6.92 Å². The molecule has 1 radical (unpaired) electrons. The van der Waals surface area contributed by atoms with E-state index in [9.17, 15) is 0 Å². The van der Waals surface area contributed by atoms with Crippen LogP contribution in [-0.2, 0) is 21.1 Å². The summed E-state index contributed by atoms with van der Waals surface area (Å²) in [4.78, 5) is 17.0. The van der Waals surface area contributed by atoms with Crippen LogP contribution < -0.4 is 9.79 Å². The van der Waals surface area contributed by atoms with Crippen LogP contribution in [0.2, 0.25) is 0 Å². The summed E-state index contributed by atoms with van der Waals surface area (Å²) in [6.07, 6.45) is 7.98. The first-order valence-corrected chi connectivity index (χ1v) is 5.35. The molecule has 0 aromatic heterocycles. The molecule has 0 aromatic carbocycles. The minimum absolute atomic E-state index is 0. The van der Waals surface area contributed by atoms with Gasteiger partial charge in [-0.2, -0.15) is 6.42 Å². The Labute approximate surface area is 91.8 Å². The molecule has 0 spiro atoms. The summed E-state index contributed by atoms with van der Waals surface area (Å²) >= 11 is 0. The zero-order valence-electron chi connectivity index (χ0n) is 7.94. The van der Waals surface area contributed by atoms with Gasteiger partial charge in [-0.3, -0.25) is 0 Å². The van der Waals surface area contributed by atoms with Crippen molar-refractivity contribution >= 4 is 8.25 Å². The molecule has 0 aliphatic carbocycles. The fraction of sp³-hybridized carbons (Fsp3) is 0.875. The fourth-order valence-corrected chi connectivity index (χ4v) is 0.780. The van der Waals surface area contributed by atoms with Crippen LogP contribution in [0, 0.1) is 6.92 Å². The van der Waals surface area contributed by atoms with Crippen LogP contribution in [0.1, 0.15) is 45.4 Å². The van der Waals surface area contributed by atoms with Crippen LogP contribution >= 0.6 is 8.25 Å². The third-order valence-electron chi connectivity index (χ3n) is 1.35. The molecule has 3 nitrogen and oxygen atoms in total. The average Bonchev–Trinajstić information content (AvgIpc) is 1.97. The minimum atomic E-state index is -3.37. The van der Waals surface area contributed by atoms with Gasteiger partial charge in [0.1, 0.15) is 0 Å². The van der Waals surface area contributed by atoms with Crippen LogP contribution in [0.15, 0.2) is 0 Å². The molecule has 0 amide bonds. The predicted molar refractivity (Wildman–Crippen MR) is 46.3 cm³/mol. The fourth-order valence-electron chi connectivity index (χ4n) is 0.780. The average molecular weight is 251 g/mol. The molecule has 0 rings (SSSR count). The van der Waals surface area contributed by atoms with Crippen LogP contribution in [0.4, 0.5) is 0 Å². The molecule has 13 heavy (non-hydrogen) atoms. The van der Waals surface area contributed by atoms with Gasteiger partial charge in [-0.15, -0.1) is 0 Å². The maximum Gasteiger partial charge on any atom is 3.00 e. The molecular weight excluding hydrogens is 234 g/mol. The summed E-state index contributed by atoms with van der Waals surface area (Å²) in [5.41, 5.74) is 0. The second kappa shape index (κ2) is 18.3. The molecule has 0 fully saturated rings. The van der Waals surface area contributed by atoms with Crippen molar-refractivity contribution in [1.29, 1.82) is 0 Å². The first-order chi connectivity index (χ1) is 5.65. The SMILES string of the molecule is O=[P+]([O-])[O-].[CH2-]CCCCCCC.[Ni+3]. The molecule has 0 heterocycles. The van der Waals surface area contributed by atoms with Crippen molar-refractivity contribution in [2.24, 2.45) is 0 Å². The van der Waals surface area contributed by atoms with E-state index in [0.29, 0.717) is 0 Å². The van der Waals surface area contributed by atoms with E-state index in [1.165, 1.54) is 32.1 Å². The zero-order chi connectivity index (χ0) is 9.82. The smallest absolute Gasteiger partial charge is 0.598 e. The Bertz CT molecular complexity index is 91.4. The molecule has 0 unspecified atom stereocenters. The Hall–Kier alpha value is 0.514. The monoisotopic (exact) mass is 250 g/mol. The maximum absolute atomic E-state index is 8.48. The molecule has 0 aliphatic heterocycles. The Balaban J connectivity index is -0.000000173. The van der Waals surface area contributed by atoms with Crippen molar-refractivity contribution in [2.75, 3.05) is 0 Å². The summed E-state index contributed by atoms with van der Waals surface area (Å²) in [6, 6.07) is 0. The number of rotatable bonds is 5. The number of hydrogen-bond acceptors (Lipinski definition) is 3. The van der Waals surface area contributed by atoms with E-state index >= 15 is 0 Å². The molecule has 0 aromatic rings. The Morgan fingerprint density at radius 1 is 1.15 bits per heavy atom. The third-order valence-corrected chi connectivity index (χ3v) is 1.35. The van der Waals surface area contributed by atoms with Gasteiger partial charge in [-0.1, -0.05) is 43.6 Å². The zero-order valence-corrected chi connectivity index (χ0v) is 9.82. The summed E-state index contributed by atoms with van der Waals surface area (Å²) in [5, 5.41) is 0. The van der Waals surface area contributed by atoms with Crippen molar-refractivity contribution in [2.45, 2.75) is 45.4 Å². The normalized spacial score (nSPS) is 8.00. The Morgan fingerprint density at radius 2 is 1.54 bits per heavy atom. The van der Waals surface area contributed by atoms with E-state index in [1.807, 2.05) is 0 Å². The van der Waals surface area contributed by atoms with Gasteiger partial charge in [0, 0.05) is 0 Å². The summed E-state index contributed by atoms with van der Waals surface area (Å²) < 4.78 is 8.48. The summed E-state index contributed by atoms with van der Waals surface area (Å²) in [6.45, 7) is 6.02. The predicted octanol–water partition coefficient (Wildman–Crippen LogP) is 1.54. The van der Waals surface area contributed by atoms with Crippen molar-refractivity contribution in [1.82, 2.24) is 0 Å². The van der Waals surface area contributed by atoms with Gasteiger partial charge in [0.2, 0.25) is 0 Å². The van der Waals surface area contributed by atoms with Gasteiger partial charge in [0.25, 0.3) is 8.25 Å². The molecule has 0 saturated heterocycles. The standard InChI is InChI=1S/C8H17.Ni.HO3P/c1-3-5-7-8-6-4-2;;1-4(2)3/h1,3-8H2,2H3;;(H,1,2,3)/q-1;+3;/p-1. The third kappa shape index (κ3) is 45.5. The second-order valence-corrected chi connectivity index (χ2v) is 2.94. The van der Waals surface area contributed by atoms with Crippen LogP contribution in [0.5, 0.6) is 0 Å². The number of unbranched alkanes of at least 4 members (excludes halogenated alkanes) is 5. The van der Waals surface area contributed by atoms with Gasteiger partial charge in [-0.25, -0.2) is 0 Å². The van der Waals surface area contributed by atoms with Crippen LogP contribution in [0.3, 0.4) is 0 Å². The van der Waals surface area contributed by atoms with Crippen LogP contribution in [0.25, 0.3) is 0 Å². The Morgan fingerprint density at radius 3 is 1.85 bits per heavy atom. The van der Waals surface area contributed by atoms with Gasteiger partial charge < -0.3 is 16.7 Å². The van der Waals surface area contributed by atoms with E-state index < -0.39 is 8.25 Å². The van der Waals surface area contributed by atoms with E-state index in [-0.39, 0.29) is 16.5 Å². The molecule has 0 saturated carbocycles.